The first-order valence-corrected chi connectivity index (χ1v) is 34.1. The van der Waals surface area contributed by atoms with E-state index in [-0.39, 0.29) is 92.2 Å². The average molecular weight is 1170 g/mol. The minimum Gasteiger partial charge on any atom is -0.0622 e. The van der Waals surface area contributed by atoms with Gasteiger partial charge in [-0.15, -0.1) is 0 Å². The van der Waals surface area contributed by atoms with E-state index in [0.717, 1.165) is 0 Å². The molecule has 6 aliphatic carbocycles. The zero-order valence-corrected chi connectivity index (χ0v) is 54.3. The van der Waals surface area contributed by atoms with Gasteiger partial charge in [0.2, 0.25) is 0 Å². The molecule has 0 heterocycles. The molecule has 446 valence electrons. The van der Waals surface area contributed by atoms with Gasteiger partial charge in [0.05, 0.1) is 0 Å². The van der Waals surface area contributed by atoms with Gasteiger partial charge in [-0.3, -0.25) is 0 Å². The molecule has 3 saturated carbocycles. The lowest BCUT2D eigenvalue weighted by Crippen LogP contribution is -2.70. The first-order valence-electron chi connectivity index (χ1n) is 34.1. The Labute approximate surface area is 536 Å². The molecule has 0 radical (unpaired) electrons. The normalized spacial score (nSPS) is 32.8. The predicted octanol–water partition coefficient (Wildman–Crippen LogP) is 22.7. The largest absolute Gasteiger partial charge is 0.0622 e. The minimum absolute atomic E-state index is 0.0578. The van der Waals surface area contributed by atoms with Crippen molar-refractivity contribution < 1.29 is 0 Å². The summed E-state index contributed by atoms with van der Waals surface area (Å²) in [5.74, 6) is 2.41. The van der Waals surface area contributed by atoms with Crippen molar-refractivity contribution >= 4 is 0 Å². The van der Waals surface area contributed by atoms with E-state index in [2.05, 4.69) is 342 Å². The van der Waals surface area contributed by atoms with Crippen LogP contribution < -0.4 is 0 Å². The molecule has 16 atom stereocenters. The van der Waals surface area contributed by atoms with Crippen LogP contribution in [-0.4, -0.2) is 0 Å². The van der Waals surface area contributed by atoms with Crippen molar-refractivity contribution in [2.45, 2.75) is 96.3 Å². The van der Waals surface area contributed by atoms with Crippen LogP contribution in [0.15, 0.2) is 295 Å². The summed E-state index contributed by atoms with van der Waals surface area (Å²) in [6, 6.07) is 107. The van der Waals surface area contributed by atoms with Gasteiger partial charge in [0, 0.05) is 33.0 Å². The second-order valence-corrected chi connectivity index (χ2v) is 29.0. The van der Waals surface area contributed by atoms with Crippen molar-refractivity contribution in [1.29, 1.82) is 0 Å². The number of benzene rings is 10. The highest BCUT2D eigenvalue weighted by Crippen LogP contribution is 2.86. The molecule has 0 nitrogen and oxygen atoms in total. The van der Waals surface area contributed by atoms with Crippen molar-refractivity contribution in [3.05, 3.63) is 323 Å². The third-order valence-corrected chi connectivity index (χ3v) is 26.8. The highest BCUT2D eigenvalue weighted by molar-refractivity contribution is 5.81. The maximum atomic E-state index is 2.77. The minimum atomic E-state index is -0.387. The van der Waals surface area contributed by atoms with Crippen LogP contribution in [0.1, 0.15) is 97.1 Å². The van der Waals surface area contributed by atoms with Gasteiger partial charge >= 0.3 is 0 Å². The van der Waals surface area contributed by atoms with Crippen molar-refractivity contribution in [2.75, 3.05) is 0 Å². The third kappa shape index (κ3) is 7.20. The first-order chi connectivity index (χ1) is 43.8. The molecule has 11 unspecified atom stereocenters. The number of rotatable bonds is 10. The number of allylic oxidation sites excluding steroid dienone is 4. The maximum Gasteiger partial charge on any atom is 0.0263 e. The maximum absolute atomic E-state index is 2.77. The molecule has 0 saturated heterocycles. The lowest BCUT2D eigenvalue weighted by molar-refractivity contribution is -0.0728. The quantitative estimate of drug-likeness (QED) is 0.128. The highest BCUT2D eigenvalue weighted by atomic mass is 14.8. The monoisotopic (exact) mass is 1170 g/mol. The van der Waals surface area contributed by atoms with E-state index in [4.69, 9.17) is 0 Å². The molecule has 3 fully saturated rings. The fourth-order valence-electron chi connectivity index (χ4n) is 22.7. The lowest BCUT2D eigenvalue weighted by Gasteiger charge is -2.72. The predicted molar refractivity (Wildman–Crippen MR) is 377 cm³/mol. The molecule has 0 heteroatoms. The molecule has 0 N–H and O–H groups in total. The van der Waals surface area contributed by atoms with E-state index in [0.29, 0.717) is 0 Å². The van der Waals surface area contributed by atoms with Crippen LogP contribution in [0.2, 0.25) is 0 Å². The molecule has 0 aliphatic heterocycles. The Morgan fingerprint density at radius 2 is 0.389 bits per heavy atom. The van der Waals surface area contributed by atoms with Crippen LogP contribution in [0.4, 0.5) is 0 Å². The van der Waals surface area contributed by atoms with Crippen LogP contribution in [0, 0.1) is 65.1 Å². The molecule has 90 heavy (non-hydrogen) atoms. The Morgan fingerprint density at radius 1 is 0.189 bits per heavy atom. The SMILES string of the molecule is CC1[C@@H](C)C2(c3cccc(-c4ccccc4)c3)C3C4=C5C6=C3C(c3cccc(-c7ccccc7)c3)(C(C)C2C)[C@@H](C)C(C)C6(c2cccc(-c3ccccc3)c2)[C@@H](C)C(C)C5(c2cccc(-c3ccccc3)c2)[C@@H](C)[C@@H](C)C41c1cccc(-c2ccccc2)c1. The van der Waals surface area contributed by atoms with E-state index in [1.807, 2.05) is 0 Å². The van der Waals surface area contributed by atoms with Gasteiger partial charge in [-0.05, 0) is 165 Å². The van der Waals surface area contributed by atoms with E-state index in [1.54, 1.807) is 22.3 Å². The molecular weight excluding hydrogens is 1080 g/mol. The molecule has 10 aromatic rings. The first kappa shape index (κ1) is 56.9. The molecule has 0 amide bonds. The van der Waals surface area contributed by atoms with Crippen molar-refractivity contribution in [2.24, 2.45) is 65.1 Å². The highest BCUT2D eigenvalue weighted by Gasteiger charge is 2.82. The van der Waals surface area contributed by atoms with E-state index >= 15 is 0 Å². The summed E-state index contributed by atoms with van der Waals surface area (Å²) in [4.78, 5) is 0. The van der Waals surface area contributed by atoms with Crippen molar-refractivity contribution in [3.63, 3.8) is 0 Å². The van der Waals surface area contributed by atoms with Crippen LogP contribution >= 0.6 is 0 Å². The van der Waals surface area contributed by atoms with Crippen molar-refractivity contribution in [3.8, 4) is 55.6 Å². The Balaban J connectivity index is 1.14. The zero-order valence-electron chi connectivity index (χ0n) is 54.3. The van der Waals surface area contributed by atoms with Crippen molar-refractivity contribution in [1.82, 2.24) is 0 Å². The summed E-state index contributed by atoms with van der Waals surface area (Å²) >= 11 is 0. The Bertz CT molecular complexity index is 4210. The van der Waals surface area contributed by atoms with Gasteiger partial charge in [-0.1, -0.05) is 342 Å². The summed E-state index contributed by atoms with van der Waals surface area (Å²) in [6.07, 6.45) is 0. The van der Waals surface area contributed by atoms with Gasteiger partial charge < -0.3 is 0 Å². The summed E-state index contributed by atoms with van der Waals surface area (Å²) in [7, 11) is 0. The topological polar surface area (TPSA) is 0 Å². The third-order valence-electron chi connectivity index (χ3n) is 26.8. The van der Waals surface area contributed by atoms with E-state index in [9.17, 15) is 0 Å². The van der Waals surface area contributed by atoms with Gasteiger partial charge in [0.25, 0.3) is 0 Å². The van der Waals surface area contributed by atoms with Crippen LogP contribution in [0.5, 0.6) is 0 Å². The van der Waals surface area contributed by atoms with Gasteiger partial charge in [0.15, 0.2) is 0 Å². The summed E-state index contributed by atoms with van der Waals surface area (Å²) in [6.45, 7) is 27.6. The Morgan fingerprint density at radius 3 is 0.656 bits per heavy atom. The average Bonchev–Trinajstić information content (AvgIpc) is 1.40. The molecule has 6 aliphatic rings. The second kappa shape index (κ2) is 20.9. The van der Waals surface area contributed by atoms with Gasteiger partial charge in [0.1, 0.15) is 0 Å². The molecular formula is C90H86. The molecule has 10 aromatic carbocycles. The lowest BCUT2D eigenvalue weighted by atomic mass is 9.30. The van der Waals surface area contributed by atoms with Crippen LogP contribution in [0.3, 0.4) is 0 Å². The Kier molecular flexibility index (Phi) is 13.2. The van der Waals surface area contributed by atoms with Crippen LogP contribution in [-0.2, 0) is 27.1 Å². The number of hydrogen-bond acceptors (Lipinski definition) is 0. The Hall–Kier alpha value is -8.32. The standard InChI is InChI=1S/C90H86/c1-56-57(2)87(77-47-27-42-72(52-77)67-33-18-12-19-34-67)60(5)61(6)89(79-49-29-44-74(54-79)69-37-22-14-23-38-69)64(9)65(10)90(80-50-30-45-75(55-80)70-39-24-15-25-40-70)63(8)62(7)88(78-48-28-43-73(53-78)68-35-20-13-21-36-68)59(4)58(3)86(56,81-82(87)84(89)85(90)83(81)88)76-46-26-41-71(51-76)66-31-16-11-17-32-66/h11-65,81H,1-10H3/t56-,57?,58?,59?,60-,61+,62+,63?,64?,65+,81?,86?,87?,88?,89?,90?/m1/s1. The van der Waals surface area contributed by atoms with Crippen LogP contribution in [0.25, 0.3) is 55.6 Å². The van der Waals surface area contributed by atoms with E-state index in [1.165, 1.54) is 83.5 Å². The molecule has 0 spiro atoms. The van der Waals surface area contributed by atoms with Gasteiger partial charge in [-0.2, -0.15) is 0 Å². The smallest absolute Gasteiger partial charge is 0.0263 e. The molecule has 0 bridgehead atoms. The summed E-state index contributed by atoms with van der Waals surface area (Å²) in [5, 5.41) is 0. The molecule has 16 rings (SSSR count). The van der Waals surface area contributed by atoms with Gasteiger partial charge in [-0.25, -0.2) is 0 Å². The van der Waals surface area contributed by atoms with E-state index < -0.39 is 0 Å². The fraction of sp³-hybridized carbons (Fsp3) is 0.289. The second-order valence-electron chi connectivity index (χ2n) is 29.0. The molecule has 0 aromatic heterocycles. The number of hydrogen-bond donors (Lipinski definition) is 0. The zero-order chi connectivity index (χ0) is 61.6. The summed E-state index contributed by atoms with van der Waals surface area (Å²) in [5.41, 5.74) is 25.5. The fourth-order valence-corrected chi connectivity index (χ4v) is 22.7. The summed E-state index contributed by atoms with van der Waals surface area (Å²) < 4.78 is 0.